The van der Waals surface area contributed by atoms with Crippen molar-refractivity contribution < 1.29 is 0 Å². The molecule has 0 bridgehead atoms. The molecule has 1 aromatic carbocycles. The van der Waals surface area contributed by atoms with Crippen molar-refractivity contribution in [2.75, 3.05) is 39.2 Å². The molecule has 1 unspecified atom stereocenters. The summed E-state index contributed by atoms with van der Waals surface area (Å²) in [5.41, 5.74) is 1.19. The highest BCUT2D eigenvalue weighted by molar-refractivity contribution is 7.98. The minimum absolute atomic E-state index is 0.329. The van der Waals surface area contributed by atoms with E-state index in [0.29, 0.717) is 6.04 Å². The number of halogens is 1. The van der Waals surface area contributed by atoms with Crippen LogP contribution in [0.2, 0.25) is 5.02 Å². The molecule has 0 saturated carbocycles. The highest BCUT2D eigenvalue weighted by Crippen LogP contribution is 2.24. The SMILES string of the molecule is CNC(CCN(C)CCSC)c1ccccc1Cl. The second-order valence-corrected chi connectivity index (χ2v) is 5.84. The predicted octanol–water partition coefficient (Wildman–Crippen LogP) is 3.29. The highest BCUT2D eigenvalue weighted by atomic mass is 35.5. The van der Waals surface area contributed by atoms with E-state index < -0.39 is 0 Å². The fraction of sp³-hybridized carbons (Fsp3) is 0.571. The first-order valence-corrected chi connectivity index (χ1v) is 8.05. The standard InChI is InChI=1S/C14H23ClN2S/c1-16-14(8-9-17(2)10-11-18-3)12-6-4-5-7-13(12)15/h4-7,14,16H,8-11H2,1-3H3. The third-order valence-electron chi connectivity index (χ3n) is 3.11. The topological polar surface area (TPSA) is 15.3 Å². The molecular weight excluding hydrogens is 264 g/mol. The molecule has 1 N–H and O–H groups in total. The van der Waals surface area contributed by atoms with Crippen molar-refractivity contribution in [2.24, 2.45) is 0 Å². The summed E-state index contributed by atoms with van der Waals surface area (Å²) in [6, 6.07) is 8.41. The van der Waals surface area contributed by atoms with E-state index in [1.807, 2.05) is 37.0 Å². The predicted molar refractivity (Wildman–Crippen MR) is 83.7 cm³/mol. The van der Waals surface area contributed by atoms with Crippen molar-refractivity contribution in [3.05, 3.63) is 34.9 Å². The second-order valence-electron chi connectivity index (χ2n) is 4.45. The van der Waals surface area contributed by atoms with Gasteiger partial charge in [0.2, 0.25) is 0 Å². The lowest BCUT2D eigenvalue weighted by molar-refractivity contribution is 0.328. The zero-order chi connectivity index (χ0) is 13.4. The van der Waals surface area contributed by atoms with Crippen molar-refractivity contribution in [3.8, 4) is 0 Å². The molecule has 4 heteroatoms. The summed E-state index contributed by atoms with van der Waals surface area (Å²) in [6.07, 6.45) is 3.22. The Balaban J connectivity index is 2.50. The van der Waals surface area contributed by atoms with E-state index in [2.05, 4.69) is 29.6 Å². The van der Waals surface area contributed by atoms with E-state index in [1.54, 1.807) is 0 Å². The van der Waals surface area contributed by atoms with Crippen LogP contribution < -0.4 is 5.32 Å². The lowest BCUT2D eigenvalue weighted by Crippen LogP contribution is -2.27. The van der Waals surface area contributed by atoms with Gasteiger partial charge in [0.15, 0.2) is 0 Å². The Morgan fingerprint density at radius 3 is 2.67 bits per heavy atom. The van der Waals surface area contributed by atoms with Gasteiger partial charge in [-0.3, -0.25) is 0 Å². The summed E-state index contributed by atoms with van der Waals surface area (Å²) in [7, 11) is 4.17. The van der Waals surface area contributed by atoms with Crippen LogP contribution in [0.3, 0.4) is 0 Å². The van der Waals surface area contributed by atoms with Gasteiger partial charge < -0.3 is 10.2 Å². The Morgan fingerprint density at radius 1 is 1.33 bits per heavy atom. The molecule has 1 atom stereocenters. The lowest BCUT2D eigenvalue weighted by Gasteiger charge is -2.22. The van der Waals surface area contributed by atoms with Crippen LogP contribution in [0.1, 0.15) is 18.0 Å². The monoisotopic (exact) mass is 286 g/mol. The van der Waals surface area contributed by atoms with Gasteiger partial charge in [0.1, 0.15) is 0 Å². The van der Waals surface area contributed by atoms with Crippen molar-refractivity contribution >= 4 is 23.4 Å². The summed E-state index contributed by atoms with van der Waals surface area (Å²) in [5, 5.41) is 4.20. The van der Waals surface area contributed by atoms with E-state index in [4.69, 9.17) is 11.6 Å². The zero-order valence-electron chi connectivity index (χ0n) is 11.4. The Kier molecular flexibility index (Phi) is 7.75. The molecule has 0 spiro atoms. The van der Waals surface area contributed by atoms with Gasteiger partial charge in [-0.25, -0.2) is 0 Å². The first-order chi connectivity index (χ1) is 8.69. The summed E-state index contributed by atoms with van der Waals surface area (Å²) in [6.45, 7) is 2.22. The average Bonchev–Trinajstić information content (AvgIpc) is 2.39. The van der Waals surface area contributed by atoms with Gasteiger partial charge in [-0.15, -0.1) is 0 Å². The van der Waals surface area contributed by atoms with Crippen LogP contribution in [0.25, 0.3) is 0 Å². The first kappa shape index (κ1) is 15.8. The van der Waals surface area contributed by atoms with E-state index >= 15 is 0 Å². The molecule has 0 aliphatic carbocycles. The zero-order valence-corrected chi connectivity index (χ0v) is 13.0. The van der Waals surface area contributed by atoms with E-state index in [9.17, 15) is 0 Å². The summed E-state index contributed by atoms with van der Waals surface area (Å²) < 4.78 is 0. The highest BCUT2D eigenvalue weighted by Gasteiger charge is 2.12. The van der Waals surface area contributed by atoms with Crippen molar-refractivity contribution in [3.63, 3.8) is 0 Å². The number of nitrogens with one attached hydrogen (secondary N) is 1. The molecule has 0 amide bonds. The van der Waals surface area contributed by atoms with E-state index in [1.165, 1.54) is 11.3 Å². The van der Waals surface area contributed by atoms with Gasteiger partial charge in [-0.05, 0) is 44.9 Å². The average molecular weight is 287 g/mol. The van der Waals surface area contributed by atoms with E-state index in [0.717, 1.165) is 24.5 Å². The first-order valence-electron chi connectivity index (χ1n) is 6.28. The third kappa shape index (κ3) is 5.19. The second kappa shape index (κ2) is 8.81. The molecule has 1 aromatic rings. The molecule has 2 nitrogen and oxygen atoms in total. The Hall–Kier alpha value is -0.220. The Labute approximate surface area is 120 Å². The molecule has 0 aromatic heterocycles. The van der Waals surface area contributed by atoms with Gasteiger partial charge in [0.25, 0.3) is 0 Å². The van der Waals surface area contributed by atoms with Gasteiger partial charge in [0.05, 0.1) is 0 Å². The largest absolute Gasteiger partial charge is 0.313 e. The number of hydrogen-bond acceptors (Lipinski definition) is 3. The third-order valence-corrected chi connectivity index (χ3v) is 4.04. The van der Waals surface area contributed by atoms with Crippen molar-refractivity contribution in [1.82, 2.24) is 10.2 Å². The van der Waals surface area contributed by atoms with Gasteiger partial charge in [-0.1, -0.05) is 29.8 Å². The smallest absolute Gasteiger partial charge is 0.0453 e. The summed E-state index contributed by atoms with van der Waals surface area (Å²) in [5.74, 6) is 1.19. The quantitative estimate of drug-likeness (QED) is 0.789. The van der Waals surface area contributed by atoms with Crippen LogP contribution in [0.5, 0.6) is 0 Å². The van der Waals surface area contributed by atoms with Crippen LogP contribution in [0, 0.1) is 0 Å². The number of hydrogen-bond donors (Lipinski definition) is 1. The summed E-state index contributed by atoms with van der Waals surface area (Å²) in [4.78, 5) is 2.37. The lowest BCUT2D eigenvalue weighted by atomic mass is 10.0. The van der Waals surface area contributed by atoms with Crippen LogP contribution in [0.4, 0.5) is 0 Å². The minimum Gasteiger partial charge on any atom is -0.313 e. The molecule has 0 saturated heterocycles. The molecule has 0 fully saturated rings. The number of thioether (sulfide) groups is 1. The molecule has 18 heavy (non-hydrogen) atoms. The molecule has 102 valence electrons. The number of nitrogens with zero attached hydrogens (tertiary/aromatic N) is 1. The van der Waals surface area contributed by atoms with Crippen LogP contribution in [0.15, 0.2) is 24.3 Å². The van der Waals surface area contributed by atoms with Crippen LogP contribution >= 0.6 is 23.4 Å². The fourth-order valence-electron chi connectivity index (χ4n) is 1.92. The van der Waals surface area contributed by atoms with Crippen molar-refractivity contribution in [2.45, 2.75) is 12.5 Å². The van der Waals surface area contributed by atoms with Crippen LogP contribution in [-0.4, -0.2) is 44.1 Å². The Bertz CT molecular complexity index is 346. The molecule has 1 rings (SSSR count). The Morgan fingerprint density at radius 2 is 2.06 bits per heavy atom. The number of rotatable bonds is 8. The maximum absolute atomic E-state index is 6.24. The van der Waals surface area contributed by atoms with Gasteiger partial charge in [0, 0.05) is 23.4 Å². The van der Waals surface area contributed by atoms with Crippen molar-refractivity contribution in [1.29, 1.82) is 0 Å². The van der Waals surface area contributed by atoms with Gasteiger partial charge in [-0.2, -0.15) is 11.8 Å². The van der Waals surface area contributed by atoms with Gasteiger partial charge >= 0.3 is 0 Å². The molecule has 0 aliphatic rings. The normalized spacial score (nSPS) is 12.9. The molecule has 0 aliphatic heterocycles. The van der Waals surface area contributed by atoms with E-state index in [-0.39, 0.29) is 0 Å². The summed E-state index contributed by atoms with van der Waals surface area (Å²) >= 11 is 8.13. The molecular formula is C14H23ClN2S. The maximum atomic E-state index is 6.24. The maximum Gasteiger partial charge on any atom is 0.0453 e. The molecule has 0 heterocycles. The van der Waals surface area contributed by atoms with Crippen LogP contribution in [-0.2, 0) is 0 Å². The minimum atomic E-state index is 0.329. The fourth-order valence-corrected chi connectivity index (χ4v) is 2.68. The number of benzene rings is 1. The molecule has 0 radical (unpaired) electrons.